The van der Waals surface area contributed by atoms with E-state index in [0.717, 1.165) is 48.3 Å². The van der Waals surface area contributed by atoms with E-state index in [9.17, 15) is 9.90 Å². The van der Waals surface area contributed by atoms with Crippen molar-refractivity contribution in [1.82, 2.24) is 4.90 Å². The molecule has 5 rings (SSSR count). The lowest BCUT2D eigenvalue weighted by molar-refractivity contribution is -0.00592. The lowest BCUT2D eigenvalue weighted by Crippen LogP contribution is -2.48. The molecule has 1 aromatic rings. The first-order valence-electron chi connectivity index (χ1n) is 9.13. The van der Waals surface area contributed by atoms with Gasteiger partial charge >= 0.3 is 5.97 Å². The van der Waals surface area contributed by atoms with E-state index in [4.69, 9.17) is 17.0 Å². The van der Waals surface area contributed by atoms with Crippen molar-refractivity contribution in [2.75, 3.05) is 14.1 Å². The van der Waals surface area contributed by atoms with Gasteiger partial charge in [-0.3, -0.25) is 0 Å². The van der Waals surface area contributed by atoms with Crippen molar-refractivity contribution in [2.24, 2.45) is 17.8 Å². The number of aromatic carboxylic acids is 1. The van der Waals surface area contributed by atoms with Crippen LogP contribution in [0.2, 0.25) is 0 Å². The molecule has 5 heteroatoms. The first-order valence-corrected chi connectivity index (χ1v) is 9.54. The van der Waals surface area contributed by atoms with Crippen LogP contribution < -0.4 is 4.74 Å². The molecule has 0 saturated heterocycles. The molecule has 134 valence electrons. The average molecular weight is 359 g/mol. The van der Waals surface area contributed by atoms with Gasteiger partial charge in [-0.05, 0) is 92.1 Å². The van der Waals surface area contributed by atoms with Crippen molar-refractivity contribution in [3.05, 3.63) is 29.3 Å². The van der Waals surface area contributed by atoms with Crippen molar-refractivity contribution in [3.8, 4) is 5.75 Å². The van der Waals surface area contributed by atoms with Crippen molar-refractivity contribution in [2.45, 2.75) is 43.9 Å². The number of thiocarbonyl (C=S) groups is 1. The van der Waals surface area contributed by atoms with Crippen LogP contribution in [-0.2, 0) is 5.41 Å². The Morgan fingerprint density at radius 3 is 2.20 bits per heavy atom. The SMILES string of the molecule is CN(C)C(=S)Oc1ccc(C(=O)O)cc1C12CC3CC(CC(C3)C1)C2. The molecular formula is C20H25NO3S. The summed E-state index contributed by atoms with van der Waals surface area (Å²) in [5, 5.41) is 9.89. The third-order valence-electron chi connectivity index (χ3n) is 6.40. The predicted molar refractivity (Wildman–Crippen MR) is 100 cm³/mol. The molecule has 0 unspecified atom stereocenters. The summed E-state index contributed by atoms with van der Waals surface area (Å²) in [7, 11) is 3.72. The zero-order valence-corrected chi connectivity index (χ0v) is 15.6. The van der Waals surface area contributed by atoms with E-state index in [2.05, 4.69) is 0 Å². The fourth-order valence-corrected chi connectivity index (χ4v) is 5.88. The molecule has 0 amide bonds. The minimum Gasteiger partial charge on any atom is -0.478 e. The van der Waals surface area contributed by atoms with Crippen molar-refractivity contribution < 1.29 is 14.6 Å². The van der Waals surface area contributed by atoms with Gasteiger partial charge < -0.3 is 14.7 Å². The molecule has 4 aliphatic carbocycles. The van der Waals surface area contributed by atoms with Gasteiger partial charge in [0.1, 0.15) is 5.75 Å². The predicted octanol–water partition coefficient (Wildman–Crippen LogP) is 4.08. The molecule has 1 N–H and O–H groups in total. The van der Waals surface area contributed by atoms with Crippen molar-refractivity contribution >= 4 is 23.4 Å². The van der Waals surface area contributed by atoms with E-state index in [1.54, 1.807) is 17.0 Å². The molecule has 1 aromatic carbocycles. The Labute approximate surface area is 154 Å². The van der Waals surface area contributed by atoms with Gasteiger partial charge in [0.2, 0.25) is 0 Å². The van der Waals surface area contributed by atoms with Crippen LogP contribution in [0, 0.1) is 17.8 Å². The maximum absolute atomic E-state index is 11.5. The molecule has 25 heavy (non-hydrogen) atoms. The molecule has 0 heterocycles. The maximum Gasteiger partial charge on any atom is 0.335 e. The molecule has 4 aliphatic rings. The van der Waals surface area contributed by atoms with Crippen LogP contribution in [0.4, 0.5) is 0 Å². The summed E-state index contributed by atoms with van der Waals surface area (Å²) >= 11 is 5.33. The molecule has 4 nitrogen and oxygen atoms in total. The van der Waals surface area contributed by atoms with E-state index in [1.807, 2.05) is 20.2 Å². The summed E-state index contributed by atoms with van der Waals surface area (Å²) in [5.74, 6) is 2.22. The molecule has 4 saturated carbocycles. The van der Waals surface area contributed by atoms with Crippen molar-refractivity contribution in [3.63, 3.8) is 0 Å². The first kappa shape index (κ1) is 16.8. The number of benzene rings is 1. The minimum atomic E-state index is -0.882. The molecule has 0 aromatic heterocycles. The highest BCUT2D eigenvalue weighted by Crippen LogP contribution is 2.61. The molecule has 0 radical (unpaired) electrons. The molecule has 0 aliphatic heterocycles. The average Bonchev–Trinajstić information content (AvgIpc) is 2.53. The van der Waals surface area contributed by atoms with Crippen LogP contribution in [0.1, 0.15) is 54.4 Å². The second-order valence-corrected chi connectivity index (χ2v) is 8.83. The Bertz CT molecular complexity index is 692. The van der Waals surface area contributed by atoms with Gasteiger partial charge in [0.15, 0.2) is 0 Å². The van der Waals surface area contributed by atoms with Crippen LogP contribution >= 0.6 is 12.2 Å². The molecule has 4 fully saturated rings. The Morgan fingerprint density at radius 1 is 1.16 bits per heavy atom. The number of hydrogen-bond donors (Lipinski definition) is 1. The van der Waals surface area contributed by atoms with Crippen LogP contribution in [-0.4, -0.2) is 35.2 Å². The van der Waals surface area contributed by atoms with Gasteiger partial charge in [-0.25, -0.2) is 4.79 Å². The Morgan fingerprint density at radius 2 is 1.72 bits per heavy atom. The summed E-state index contributed by atoms with van der Waals surface area (Å²) in [6, 6.07) is 5.27. The maximum atomic E-state index is 11.5. The highest BCUT2D eigenvalue weighted by Gasteiger charge is 2.52. The fraction of sp³-hybridized carbons (Fsp3) is 0.600. The largest absolute Gasteiger partial charge is 0.478 e. The number of nitrogens with zero attached hydrogens (tertiary/aromatic N) is 1. The number of carboxylic acid groups (broad SMARTS) is 1. The van der Waals surface area contributed by atoms with E-state index in [1.165, 1.54) is 19.3 Å². The van der Waals surface area contributed by atoms with E-state index in [0.29, 0.717) is 10.7 Å². The van der Waals surface area contributed by atoms with Gasteiger partial charge in [-0.2, -0.15) is 0 Å². The molecule has 0 spiro atoms. The third-order valence-corrected chi connectivity index (χ3v) is 6.85. The summed E-state index contributed by atoms with van der Waals surface area (Å²) < 4.78 is 6.00. The number of ether oxygens (including phenoxy) is 1. The standard InChI is InChI=1S/C20H25NO3S/c1-21(2)19(25)24-17-4-3-15(18(22)23)8-16(17)20-9-12-5-13(10-20)7-14(6-12)11-20/h3-4,8,12-14H,5-7,9-11H2,1-2H3,(H,22,23). The van der Waals surface area contributed by atoms with Gasteiger partial charge in [-0.1, -0.05) is 0 Å². The highest BCUT2D eigenvalue weighted by atomic mass is 32.1. The Kier molecular flexibility index (Phi) is 4.02. The zero-order chi connectivity index (χ0) is 17.8. The van der Waals surface area contributed by atoms with E-state index in [-0.39, 0.29) is 5.41 Å². The number of carbonyl (C=O) groups is 1. The van der Waals surface area contributed by atoms with Gasteiger partial charge in [0.05, 0.1) is 5.56 Å². The topological polar surface area (TPSA) is 49.8 Å². The highest BCUT2D eigenvalue weighted by molar-refractivity contribution is 7.80. The van der Waals surface area contributed by atoms with Crippen LogP contribution in [0.3, 0.4) is 0 Å². The number of hydrogen-bond acceptors (Lipinski definition) is 3. The Balaban J connectivity index is 1.77. The third kappa shape index (κ3) is 2.92. The van der Waals surface area contributed by atoms with Gasteiger partial charge in [0.25, 0.3) is 5.17 Å². The first-order chi connectivity index (χ1) is 11.9. The molecule has 4 bridgehead atoms. The number of rotatable bonds is 3. The van der Waals surface area contributed by atoms with Crippen molar-refractivity contribution in [1.29, 1.82) is 0 Å². The minimum absolute atomic E-state index is 0.0669. The van der Waals surface area contributed by atoms with Crippen LogP contribution in [0.5, 0.6) is 5.75 Å². The van der Waals surface area contributed by atoms with Gasteiger partial charge in [-0.15, -0.1) is 0 Å². The smallest absolute Gasteiger partial charge is 0.335 e. The zero-order valence-electron chi connectivity index (χ0n) is 14.8. The lowest BCUT2D eigenvalue weighted by atomic mass is 9.48. The second kappa shape index (κ2) is 5.97. The molecule has 0 atom stereocenters. The lowest BCUT2D eigenvalue weighted by Gasteiger charge is -2.57. The quantitative estimate of drug-likeness (QED) is 0.824. The second-order valence-electron chi connectivity index (χ2n) is 8.48. The Hall–Kier alpha value is -1.62. The van der Waals surface area contributed by atoms with E-state index >= 15 is 0 Å². The van der Waals surface area contributed by atoms with E-state index < -0.39 is 5.97 Å². The summed E-state index contributed by atoms with van der Waals surface area (Å²) in [5.41, 5.74) is 1.47. The van der Waals surface area contributed by atoms with Crippen LogP contribution in [0.25, 0.3) is 0 Å². The molecular weight excluding hydrogens is 334 g/mol. The monoisotopic (exact) mass is 359 g/mol. The summed E-state index contributed by atoms with van der Waals surface area (Å²) in [4.78, 5) is 13.3. The van der Waals surface area contributed by atoms with Gasteiger partial charge in [0, 0.05) is 19.7 Å². The summed E-state index contributed by atoms with van der Waals surface area (Å²) in [6.07, 6.45) is 7.53. The number of carboxylic acids is 1. The fourth-order valence-electron chi connectivity index (χ4n) is 5.79. The van der Waals surface area contributed by atoms with Crippen LogP contribution in [0.15, 0.2) is 18.2 Å². The normalized spacial score (nSPS) is 32.5. The summed E-state index contributed by atoms with van der Waals surface area (Å²) in [6.45, 7) is 0.